The second-order valence-corrected chi connectivity index (χ2v) is 3.02. The fourth-order valence-electron chi connectivity index (χ4n) is 1.65. The zero-order valence-corrected chi connectivity index (χ0v) is 5.55. The average molecular weight is 124 g/mol. The average Bonchev–Trinajstić information content (AvgIpc) is 2.64. The van der Waals surface area contributed by atoms with Gasteiger partial charge >= 0.3 is 0 Å². The predicted molar refractivity (Wildman–Crippen MR) is 36.2 cm³/mol. The summed E-state index contributed by atoms with van der Waals surface area (Å²) in [4.78, 5) is 0. The number of allylic oxidation sites excluding steroid dienone is 1. The Bertz CT molecular complexity index is 131. The molecule has 0 aromatic carbocycles. The van der Waals surface area contributed by atoms with Gasteiger partial charge in [0.1, 0.15) is 0 Å². The van der Waals surface area contributed by atoms with Gasteiger partial charge in [-0.3, -0.25) is 0 Å². The van der Waals surface area contributed by atoms with Crippen LogP contribution in [0.3, 0.4) is 0 Å². The monoisotopic (exact) mass is 124 g/mol. The van der Waals surface area contributed by atoms with Crippen LogP contribution in [0.4, 0.5) is 0 Å². The molecule has 1 saturated carbocycles. The van der Waals surface area contributed by atoms with Crippen molar-refractivity contribution in [1.29, 1.82) is 0 Å². The third kappa shape index (κ3) is 0.897. The third-order valence-electron chi connectivity index (χ3n) is 2.38. The molecule has 50 valence electrons. The summed E-state index contributed by atoms with van der Waals surface area (Å²) in [5, 5.41) is 0. The summed E-state index contributed by atoms with van der Waals surface area (Å²) in [5.74, 6) is 0.744. The number of epoxide rings is 1. The van der Waals surface area contributed by atoms with Crippen LogP contribution in [0.1, 0.15) is 19.3 Å². The molecule has 0 aromatic heterocycles. The summed E-state index contributed by atoms with van der Waals surface area (Å²) in [6.07, 6.45) is 7.11. The van der Waals surface area contributed by atoms with Crippen LogP contribution in [0.25, 0.3) is 0 Å². The minimum Gasteiger partial charge on any atom is -0.370 e. The topological polar surface area (TPSA) is 12.5 Å². The highest BCUT2D eigenvalue weighted by Gasteiger charge is 2.42. The Morgan fingerprint density at radius 1 is 1.33 bits per heavy atom. The van der Waals surface area contributed by atoms with Crippen LogP contribution in [0.2, 0.25) is 0 Å². The Morgan fingerprint density at radius 2 is 2.22 bits per heavy atom. The molecule has 0 amide bonds. The summed E-state index contributed by atoms with van der Waals surface area (Å²) in [6, 6.07) is 0. The van der Waals surface area contributed by atoms with E-state index in [4.69, 9.17) is 4.74 Å². The maximum Gasteiger partial charge on any atom is 0.0847 e. The van der Waals surface area contributed by atoms with Gasteiger partial charge in [-0.15, -0.1) is 6.58 Å². The number of ether oxygens (including phenoxy) is 1. The molecule has 1 unspecified atom stereocenters. The lowest BCUT2D eigenvalue weighted by Gasteiger charge is -2.12. The van der Waals surface area contributed by atoms with E-state index in [2.05, 4.69) is 12.7 Å². The minimum absolute atomic E-state index is 0.613. The minimum atomic E-state index is 0.613. The van der Waals surface area contributed by atoms with E-state index in [-0.39, 0.29) is 0 Å². The van der Waals surface area contributed by atoms with Crippen LogP contribution in [0.15, 0.2) is 12.7 Å². The molecule has 0 N–H and O–H groups in total. The van der Waals surface area contributed by atoms with Gasteiger partial charge in [0.05, 0.1) is 12.2 Å². The molecule has 1 aliphatic carbocycles. The Hall–Kier alpha value is -0.300. The van der Waals surface area contributed by atoms with Crippen LogP contribution in [0, 0.1) is 5.92 Å². The van der Waals surface area contributed by atoms with Crippen molar-refractivity contribution in [3.05, 3.63) is 12.7 Å². The molecule has 3 atom stereocenters. The maximum absolute atomic E-state index is 5.36. The fourth-order valence-corrected chi connectivity index (χ4v) is 1.65. The first-order valence-electron chi connectivity index (χ1n) is 3.68. The lowest BCUT2D eigenvalue weighted by Crippen LogP contribution is -2.10. The van der Waals surface area contributed by atoms with Crippen molar-refractivity contribution in [3.8, 4) is 0 Å². The van der Waals surface area contributed by atoms with E-state index < -0.39 is 0 Å². The molecule has 1 saturated heterocycles. The predicted octanol–water partition coefficient (Wildman–Crippen LogP) is 1.74. The van der Waals surface area contributed by atoms with E-state index in [1.807, 2.05) is 0 Å². The highest BCUT2D eigenvalue weighted by molar-refractivity contribution is 4.96. The summed E-state index contributed by atoms with van der Waals surface area (Å²) >= 11 is 0. The van der Waals surface area contributed by atoms with Gasteiger partial charge in [0.2, 0.25) is 0 Å². The van der Waals surface area contributed by atoms with E-state index >= 15 is 0 Å². The van der Waals surface area contributed by atoms with Crippen molar-refractivity contribution in [2.24, 2.45) is 5.92 Å². The molecule has 2 fully saturated rings. The number of hydrogen-bond donors (Lipinski definition) is 0. The molecule has 0 bridgehead atoms. The maximum atomic E-state index is 5.36. The van der Waals surface area contributed by atoms with Crippen molar-refractivity contribution in [3.63, 3.8) is 0 Å². The SMILES string of the molecule is C=CC1CC[C@H]2O[C@H]2C1. The van der Waals surface area contributed by atoms with Crippen molar-refractivity contribution in [2.75, 3.05) is 0 Å². The fraction of sp³-hybridized carbons (Fsp3) is 0.750. The summed E-state index contributed by atoms with van der Waals surface area (Å²) < 4.78 is 5.36. The molecule has 0 radical (unpaired) electrons. The third-order valence-corrected chi connectivity index (χ3v) is 2.38. The molecule has 0 spiro atoms. The second-order valence-electron chi connectivity index (χ2n) is 3.02. The normalized spacial score (nSPS) is 47.8. The van der Waals surface area contributed by atoms with Crippen LogP contribution in [-0.4, -0.2) is 12.2 Å². The first-order chi connectivity index (χ1) is 4.40. The van der Waals surface area contributed by atoms with Crippen molar-refractivity contribution in [1.82, 2.24) is 0 Å². The zero-order chi connectivity index (χ0) is 6.27. The zero-order valence-electron chi connectivity index (χ0n) is 5.55. The Morgan fingerprint density at radius 3 is 2.89 bits per heavy atom. The summed E-state index contributed by atoms with van der Waals surface area (Å²) in [5.41, 5.74) is 0. The molecular weight excluding hydrogens is 112 g/mol. The quantitative estimate of drug-likeness (QED) is 0.383. The van der Waals surface area contributed by atoms with Gasteiger partial charge in [-0.2, -0.15) is 0 Å². The van der Waals surface area contributed by atoms with Crippen molar-refractivity contribution < 1.29 is 4.74 Å². The highest BCUT2D eigenvalue weighted by atomic mass is 16.6. The molecule has 2 aliphatic rings. The van der Waals surface area contributed by atoms with Gasteiger partial charge in [0.15, 0.2) is 0 Å². The molecule has 1 heteroatoms. The number of rotatable bonds is 1. The van der Waals surface area contributed by atoms with Gasteiger partial charge in [0, 0.05) is 0 Å². The molecule has 1 heterocycles. The highest BCUT2D eigenvalue weighted by Crippen LogP contribution is 2.39. The first-order valence-corrected chi connectivity index (χ1v) is 3.68. The molecule has 1 aliphatic heterocycles. The Kier molecular flexibility index (Phi) is 1.12. The van der Waals surface area contributed by atoms with E-state index in [1.165, 1.54) is 19.3 Å². The van der Waals surface area contributed by atoms with Crippen LogP contribution >= 0.6 is 0 Å². The van der Waals surface area contributed by atoms with Gasteiger partial charge in [0.25, 0.3) is 0 Å². The van der Waals surface area contributed by atoms with Crippen molar-refractivity contribution in [2.45, 2.75) is 31.5 Å². The molecular formula is C8H12O. The van der Waals surface area contributed by atoms with Gasteiger partial charge < -0.3 is 4.74 Å². The van der Waals surface area contributed by atoms with Gasteiger partial charge in [-0.05, 0) is 25.2 Å². The Labute approximate surface area is 55.7 Å². The lowest BCUT2D eigenvalue weighted by atomic mass is 9.90. The smallest absolute Gasteiger partial charge is 0.0847 e. The first kappa shape index (κ1) is 5.48. The largest absolute Gasteiger partial charge is 0.370 e. The molecule has 2 rings (SSSR count). The molecule has 9 heavy (non-hydrogen) atoms. The van der Waals surface area contributed by atoms with Crippen LogP contribution in [-0.2, 0) is 4.74 Å². The number of hydrogen-bond acceptors (Lipinski definition) is 1. The second kappa shape index (κ2) is 1.84. The van der Waals surface area contributed by atoms with Gasteiger partial charge in [-0.1, -0.05) is 6.08 Å². The van der Waals surface area contributed by atoms with E-state index in [0.717, 1.165) is 5.92 Å². The van der Waals surface area contributed by atoms with E-state index in [9.17, 15) is 0 Å². The van der Waals surface area contributed by atoms with Crippen LogP contribution < -0.4 is 0 Å². The van der Waals surface area contributed by atoms with Crippen molar-refractivity contribution >= 4 is 0 Å². The standard InChI is InChI=1S/C8H12O/c1-2-6-3-4-7-8(5-6)9-7/h2,6-8H,1,3-5H2/t6?,7-,8+/m1/s1. The molecule has 1 nitrogen and oxygen atoms in total. The van der Waals surface area contributed by atoms with E-state index in [0.29, 0.717) is 12.2 Å². The summed E-state index contributed by atoms with van der Waals surface area (Å²) in [7, 11) is 0. The van der Waals surface area contributed by atoms with Crippen LogP contribution in [0.5, 0.6) is 0 Å². The lowest BCUT2D eigenvalue weighted by molar-refractivity contribution is 0.370. The number of fused-ring (bicyclic) bond motifs is 1. The van der Waals surface area contributed by atoms with E-state index in [1.54, 1.807) is 0 Å². The Balaban J connectivity index is 1.93. The summed E-state index contributed by atoms with van der Waals surface area (Å²) in [6.45, 7) is 3.78. The molecule has 0 aromatic rings. The van der Waals surface area contributed by atoms with Gasteiger partial charge in [-0.25, -0.2) is 0 Å².